The topological polar surface area (TPSA) is 109 Å². The largest absolute Gasteiger partial charge is 0.465 e. The minimum atomic E-state index is -1.18. The zero-order valence-electron chi connectivity index (χ0n) is 21.4. The Balaban J connectivity index is 1.64. The third-order valence-corrected chi connectivity index (χ3v) is 8.83. The average molecular weight is 585 g/mol. The maximum Gasteiger partial charge on any atom is 0.312 e. The molecule has 2 amide bonds. The number of carbonyl (C=O) groups excluding carboxylic acids is 3. The van der Waals surface area contributed by atoms with Crippen LogP contribution in [0.2, 0.25) is 0 Å². The normalized spacial score (nSPS) is 33.8. The van der Waals surface area contributed by atoms with Crippen molar-refractivity contribution in [1.29, 1.82) is 0 Å². The highest BCUT2D eigenvalue weighted by Gasteiger charge is 2.77. The number of alkyl halides is 1. The fraction of sp³-hybridized carbons (Fsp3) is 0.731. The molecule has 1 N–H and O–H groups in total. The van der Waals surface area contributed by atoms with Crippen LogP contribution in [-0.2, 0) is 28.6 Å². The molecule has 0 aromatic carbocycles. The molecule has 0 aliphatic carbocycles. The molecule has 10 nitrogen and oxygen atoms in total. The van der Waals surface area contributed by atoms with Gasteiger partial charge in [0.1, 0.15) is 11.6 Å². The summed E-state index contributed by atoms with van der Waals surface area (Å²) >= 11 is 3.65. The minimum absolute atomic E-state index is 0.167. The fourth-order valence-electron chi connectivity index (χ4n) is 6.22. The molecule has 206 valence electrons. The van der Waals surface area contributed by atoms with Gasteiger partial charge in [-0.3, -0.25) is 19.3 Å². The number of hydrogen-bond acceptors (Lipinski definition) is 8. The van der Waals surface area contributed by atoms with Crippen molar-refractivity contribution < 1.29 is 33.7 Å². The predicted octanol–water partition coefficient (Wildman–Crippen LogP) is 0.581. The zero-order valence-corrected chi connectivity index (χ0v) is 23.0. The molecule has 4 saturated heterocycles. The summed E-state index contributed by atoms with van der Waals surface area (Å²) in [6.45, 7) is 13.4. The number of amides is 2. The average Bonchev–Trinajstić information content (AvgIpc) is 3.49. The number of fused-ring (bicyclic) bond motifs is 1. The number of morpholine rings is 1. The van der Waals surface area contributed by atoms with Gasteiger partial charge in [-0.25, -0.2) is 0 Å². The Labute approximate surface area is 226 Å². The zero-order chi connectivity index (χ0) is 26.7. The number of aliphatic hydroxyl groups excluding tert-OH is 1. The molecule has 1 spiro atoms. The van der Waals surface area contributed by atoms with Crippen LogP contribution in [0.1, 0.15) is 19.8 Å². The van der Waals surface area contributed by atoms with Gasteiger partial charge in [0.2, 0.25) is 11.8 Å². The van der Waals surface area contributed by atoms with Crippen molar-refractivity contribution in [3.63, 3.8) is 0 Å². The van der Waals surface area contributed by atoms with Crippen LogP contribution < -0.4 is 0 Å². The van der Waals surface area contributed by atoms with Gasteiger partial charge in [0.15, 0.2) is 0 Å². The van der Waals surface area contributed by atoms with E-state index in [1.165, 1.54) is 4.90 Å². The van der Waals surface area contributed by atoms with Crippen molar-refractivity contribution >= 4 is 33.7 Å². The van der Waals surface area contributed by atoms with Crippen LogP contribution in [0, 0.1) is 11.8 Å². The van der Waals surface area contributed by atoms with Crippen LogP contribution in [0.5, 0.6) is 0 Å². The van der Waals surface area contributed by atoms with Crippen molar-refractivity contribution in [3.8, 4) is 0 Å². The van der Waals surface area contributed by atoms with Crippen LogP contribution in [-0.4, -0.2) is 125 Å². The number of esters is 1. The summed E-state index contributed by atoms with van der Waals surface area (Å²) in [6.07, 6.45) is 3.65. The number of nitrogens with zero attached hydrogens (tertiary/aromatic N) is 3. The molecule has 4 aliphatic rings. The second-order valence-corrected chi connectivity index (χ2v) is 11.4. The van der Waals surface area contributed by atoms with Crippen molar-refractivity contribution in [2.75, 3.05) is 59.2 Å². The van der Waals surface area contributed by atoms with Crippen molar-refractivity contribution in [1.82, 2.24) is 14.7 Å². The molecule has 11 heteroatoms. The Morgan fingerprint density at radius 2 is 2.05 bits per heavy atom. The quantitative estimate of drug-likeness (QED) is 0.154. The number of aliphatic hydroxyl groups is 1. The number of carbonyl (C=O) groups is 3. The van der Waals surface area contributed by atoms with Crippen molar-refractivity contribution in [2.24, 2.45) is 11.8 Å². The van der Waals surface area contributed by atoms with E-state index in [4.69, 9.17) is 14.2 Å². The smallest absolute Gasteiger partial charge is 0.312 e. The Morgan fingerprint density at radius 3 is 2.70 bits per heavy atom. The summed E-state index contributed by atoms with van der Waals surface area (Å²) in [6, 6.07) is -1.59. The lowest BCUT2D eigenvalue weighted by Gasteiger charge is -2.39. The van der Waals surface area contributed by atoms with E-state index in [1.807, 2.05) is 0 Å². The van der Waals surface area contributed by atoms with Crippen molar-refractivity contribution in [2.45, 2.75) is 48.4 Å². The molecule has 4 aliphatic heterocycles. The molecule has 0 saturated carbocycles. The maximum atomic E-state index is 14.2. The Kier molecular flexibility index (Phi) is 9.11. The number of ether oxygens (including phenoxy) is 3. The van der Waals surface area contributed by atoms with Gasteiger partial charge in [-0.15, -0.1) is 13.2 Å². The second kappa shape index (κ2) is 11.9. The van der Waals surface area contributed by atoms with Crippen LogP contribution >= 0.6 is 15.9 Å². The lowest BCUT2D eigenvalue weighted by Crippen LogP contribution is -2.59. The van der Waals surface area contributed by atoms with Gasteiger partial charge in [-0.05, 0) is 19.8 Å². The van der Waals surface area contributed by atoms with Gasteiger partial charge in [-0.1, -0.05) is 28.1 Å². The molecular formula is C26H38BrN3O7. The molecule has 3 unspecified atom stereocenters. The van der Waals surface area contributed by atoms with Crippen LogP contribution in [0.3, 0.4) is 0 Å². The van der Waals surface area contributed by atoms with E-state index in [0.29, 0.717) is 45.7 Å². The van der Waals surface area contributed by atoms with E-state index < -0.39 is 41.6 Å². The number of rotatable bonds is 12. The molecule has 0 aromatic rings. The van der Waals surface area contributed by atoms with E-state index in [2.05, 4.69) is 34.0 Å². The molecule has 4 heterocycles. The number of halogens is 1. The summed E-state index contributed by atoms with van der Waals surface area (Å²) in [7, 11) is 0. The first kappa shape index (κ1) is 28.2. The van der Waals surface area contributed by atoms with Crippen LogP contribution in [0.4, 0.5) is 0 Å². The highest BCUT2D eigenvalue weighted by Crippen LogP contribution is 2.60. The summed E-state index contributed by atoms with van der Waals surface area (Å²) in [5, 5.41) is 10.0. The highest BCUT2D eigenvalue weighted by atomic mass is 79.9. The SMILES string of the molecule is C=CCCOC(=O)[C@H]1[C@@H]2OC3(CC2Br)C(C(=O)N(CC=C)CCN2CCOCC2)N([C@H](C)CO)C(=O)[C@H]13. The monoisotopic (exact) mass is 583 g/mol. The van der Waals surface area contributed by atoms with Gasteiger partial charge in [-0.2, -0.15) is 0 Å². The first-order valence-electron chi connectivity index (χ1n) is 13.0. The standard InChI is InChI=1S/C26H38BrN3O7/c1-4-6-12-36-25(34)19-20-23(32)30(17(3)16-31)22(26(20)15-18(27)21(19)37-26)24(33)29(7-5-2)9-8-28-10-13-35-14-11-28/h4-5,17-22,31H,1-2,6-16H2,3H3/t17-,18?,19-,20+,21-,22?,26?/m1/s1. The van der Waals surface area contributed by atoms with Crippen LogP contribution in [0.25, 0.3) is 0 Å². The van der Waals surface area contributed by atoms with E-state index in [0.717, 1.165) is 13.1 Å². The Bertz CT molecular complexity index is 897. The van der Waals surface area contributed by atoms with Crippen LogP contribution in [0.15, 0.2) is 25.3 Å². The molecule has 0 aromatic heterocycles. The molecule has 4 fully saturated rings. The van der Waals surface area contributed by atoms with E-state index >= 15 is 0 Å². The third-order valence-electron chi connectivity index (χ3n) is 7.99. The summed E-state index contributed by atoms with van der Waals surface area (Å²) in [5.41, 5.74) is -1.18. The lowest BCUT2D eigenvalue weighted by atomic mass is 9.70. The maximum absolute atomic E-state index is 14.2. The first-order valence-corrected chi connectivity index (χ1v) is 13.9. The molecule has 37 heavy (non-hydrogen) atoms. The Morgan fingerprint density at radius 1 is 1.32 bits per heavy atom. The van der Waals surface area contributed by atoms with Gasteiger partial charge < -0.3 is 29.1 Å². The van der Waals surface area contributed by atoms with E-state index in [1.54, 1.807) is 24.0 Å². The number of likely N-dealkylation sites (tertiary alicyclic amines) is 1. The van der Waals surface area contributed by atoms with Gasteiger partial charge in [0, 0.05) is 37.6 Å². The molecule has 0 radical (unpaired) electrons. The summed E-state index contributed by atoms with van der Waals surface area (Å²) in [4.78, 5) is 46.5. The third kappa shape index (κ3) is 5.13. The van der Waals surface area contributed by atoms with Gasteiger partial charge >= 0.3 is 5.97 Å². The van der Waals surface area contributed by atoms with Crippen molar-refractivity contribution in [3.05, 3.63) is 25.3 Å². The first-order chi connectivity index (χ1) is 17.8. The summed E-state index contributed by atoms with van der Waals surface area (Å²) < 4.78 is 17.4. The van der Waals surface area contributed by atoms with E-state index in [-0.39, 0.29) is 29.9 Å². The van der Waals surface area contributed by atoms with Gasteiger partial charge in [0.25, 0.3) is 0 Å². The predicted molar refractivity (Wildman–Crippen MR) is 139 cm³/mol. The fourth-order valence-corrected chi connectivity index (χ4v) is 7.17. The molecule has 2 bridgehead atoms. The Hall–Kier alpha value is -1.79. The highest BCUT2D eigenvalue weighted by molar-refractivity contribution is 9.09. The summed E-state index contributed by atoms with van der Waals surface area (Å²) in [5.74, 6) is -2.79. The van der Waals surface area contributed by atoms with E-state index in [9.17, 15) is 19.5 Å². The lowest BCUT2D eigenvalue weighted by molar-refractivity contribution is -0.156. The molecule has 4 rings (SSSR count). The number of hydrogen-bond donors (Lipinski definition) is 1. The van der Waals surface area contributed by atoms with Gasteiger partial charge in [0.05, 0.1) is 50.4 Å². The second-order valence-electron chi connectivity index (χ2n) is 10.2. The minimum Gasteiger partial charge on any atom is -0.465 e. The molecule has 7 atom stereocenters. The molecular weight excluding hydrogens is 546 g/mol.